The van der Waals surface area contributed by atoms with Crippen molar-refractivity contribution in [2.75, 3.05) is 27.2 Å². The Balaban J connectivity index is 2.35. The monoisotopic (exact) mass is 260 g/mol. The van der Waals surface area contributed by atoms with E-state index in [1.54, 1.807) is 6.07 Å². The normalized spacial score (nSPS) is 13.1. The first-order valence-electron chi connectivity index (χ1n) is 5.46. The van der Waals surface area contributed by atoms with Crippen LogP contribution in [-0.2, 0) is 6.54 Å². The minimum Gasteiger partial charge on any atom is -0.390 e. The van der Waals surface area contributed by atoms with Crippen molar-refractivity contribution >= 4 is 11.6 Å². The van der Waals surface area contributed by atoms with E-state index in [1.807, 2.05) is 19.0 Å². The largest absolute Gasteiger partial charge is 0.390 e. The van der Waals surface area contributed by atoms with Crippen molar-refractivity contribution in [3.8, 4) is 0 Å². The molecule has 0 aliphatic heterocycles. The van der Waals surface area contributed by atoms with E-state index in [2.05, 4.69) is 5.32 Å². The van der Waals surface area contributed by atoms with E-state index in [1.165, 1.54) is 12.1 Å². The Labute approximate surface area is 106 Å². The number of hydrogen-bond donors (Lipinski definition) is 2. The van der Waals surface area contributed by atoms with Crippen molar-refractivity contribution in [2.45, 2.75) is 12.6 Å². The molecule has 0 spiro atoms. The molecule has 0 heterocycles. The number of halogens is 2. The van der Waals surface area contributed by atoms with Crippen LogP contribution in [0.3, 0.4) is 0 Å². The molecule has 1 unspecified atom stereocenters. The van der Waals surface area contributed by atoms with Crippen LogP contribution >= 0.6 is 11.6 Å². The molecule has 0 amide bonds. The van der Waals surface area contributed by atoms with E-state index in [-0.39, 0.29) is 5.82 Å². The van der Waals surface area contributed by atoms with E-state index >= 15 is 0 Å². The Morgan fingerprint density at radius 3 is 2.76 bits per heavy atom. The number of likely N-dealkylation sites (N-methyl/N-ethyl adjacent to an activating group) is 1. The Bertz CT molecular complexity index is 360. The first kappa shape index (κ1) is 14.4. The van der Waals surface area contributed by atoms with Gasteiger partial charge in [-0.3, -0.25) is 0 Å². The first-order chi connectivity index (χ1) is 7.99. The van der Waals surface area contributed by atoms with Crippen molar-refractivity contribution in [3.63, 3.8) is 0 Å². The van der Waals surface area contributed by atoms with Gasteiger partial charge in [0.1, 0.15) is 5.82 Å². The van der Waals surface area contributed by atoms with Gasteiger partial charge in [0.05, 0.1) is 6.10 Å². The van der Waals surface area contributed by atoms with Crippen LogP contribution in [0, 0.1) is 5.82 Å². The molecule has 2 N–H and O–H groups in total. The summed E-state index contributed by atoms with van der Waals surface area (Å²) in [5.41, 5.74) is 0.824. The second-order valence-electron chi connectivity index (χ2n) is 4.28. The highest BCUT2D eigenvalue weighted by Gasteiger charge is 2.06. The number of nitrogens with zero attached hydrogens (tertiary/aromatic N) is 1. The molecule has 0 saturated heterocycles. The predicted octanol–water partition coefficient (Wildman–Crippen LogP) is 1.49. The molecular weight excluding hydrogens is 243 g/mol. The third-order valence-electron chi connectivity index (χ3n) is 2.29. The average molecular weight is 261 g/mol. The number of aliphatic hydroxyl groups excluding tert-OH is 1. The standard InChI is InChI=1S/C12H18ClFN2O/c1-16(2)8-11(17)7-15-6-9-3-4-10(14)5-12(9)13/h3-5,11,15,17H,6-8H2,1-2H3. The fourth-order valence-electron chi connectivity index (χ4n) is 1.52. The van der Waals surface area contributed by atoms with Gasteiger partial charge in [-0.05, 0) is 31.8 Å². The number of benzene rings is 1. The van der Waals surface area contributed by atoms with E-state index in [0.29, 0.717) is 24.7 Å². The van der Waals surface area contributed by atoms with E-state index in [0.717, 1.165) is 5.56 Å². The van der Waals surface area contributed by atoms with Crippen molar-refractivity contribution in [1.29, 1.82) is 0 Å². The van der Waals surface area contributed by atoms with Crippen LogP contribution in [0.4, 0.5) is 4.39 Å². The van der Waals surface area contributed by atoms with Gasteiger partial charge in [-0.25, -0.2) is 4.39 Å². The van der Waals surface area contributed by atoms with Crippen molar-refractivity contribution in [2.24, 2.45) is 0 Å². The van der Waals surface area contributed by atoms with Crippen LogP contribution in [-0.4, -0.2) is 43.3 Å². The van der Waals surface area contributed by atoms with Crippen LogP contribution < -0.4 is 5.32 Å². The fourth-order valence-corrected chi connectivity index (χ4v) is 1.76. The maximum atomic E-state index is 12.8. The van der Waals surface area contributed by atoms with Crippen LogP contribution in [0.1, 0.15) is 5.56 Å². The van der Waals surface area contributed by atoms with Gasteiger partial charge < -0.3 is 15.3 Å². The minimum absolute atomic E-state index is 0.341. The van der Waals surface area contributed by atoms with Gasteiger partial charge in [-0.15, -0.1) is 0 Å². The second kappa shape index (κ2) is 6.91. The topological polar surface area (TPSA) is 35.5 Å². The molecule has 1 aromatic rings. The lowest BCUT2D eigenvalue weighted by molar-refractivity contribution is 0.134. The van der Waals surface area contributed by atoms with E-state index < -0.39 is 6.10 Å². The summed E-state index contributed by atoms with van der Waals surface area (Å²) < 4.78 is 12.8. The van der Waals surface area contributed by atoms with Gasteiger partial charge in [0.2, 0.25) is 0 Å². The van der Waals surface area contributed by atoms with Crippen molar-refractivity contribution in [3.05, 3.63) is 34.6 Å². The van der Waals surface area contributed by atoms with Gasteiger partial charge in [0.25, 0.3) is 0 Å². The Morgan fingerprint density at radius 1 is 1.47 bits per heavy atom. The third kappa shape index (κ3) is 5.46. The molecule has 0 aliphatic carbocycles. The third-order valence-corrected chi connectivity index (χ3v) is 2.64. The summed E-state index contributed by atoms with van der Waals surface area (Å²) >= 11 is 5.88. The molecule has 1 rings (SSSR count). The minimum atomic E-state index is -0.427. The molecule has 3 nitrogen and oxygen atoms in total. The SMILES string of the molecule is CN(C)CC(O)CNCc1ccc(F)cc1Cl. The second-order valence-corrected chi connectivity index (χ2v) is 4.69. The molecule has 0 fully saturated rings. The summed E-state index contributed by atoms with van der Waals surface area (Å²) in [7, 11) is 3.81. The molecule has 0 aliphatic rings. The van der Waals surface area contributed by atoms with Crippen LogP contribution in [0.25, 0.3) is 0 Å². The van der Waals surface area contributed by atoms with Crippen molar-refractivity contribution < 1.29 is 9.50 Å². The number of nitrogens with one attached hydrogen (secondary N) is 1. The fraction of sp³-hybridized carbons (Fsp3) is 0.500. The Morgan fingerprint density at radius 2 is 2.18 bits per heavy atom. The Kier molecular flexibility index (Phi) is 5.85. The molecule has 17 heavy (non-hydrogen) atoms. The summed E-state index contributed by atoms with van der Waals surface area (Å²) in [6, 6.07) is 4.30. The maximum Gasteiger partial charge on any atom is 0.124 e. The molecule has 0 bridgehead atoms. The van der Waals surface area contributed by atoms with Gasteiger partial charge >= 0.3 is 0 Å². The van der Waals surface area contributed by atoms with E-state index in [4.69, 9.17) is 11.6 Å². The number of aliphatic hydroxyl groups is 1. The molecular formula is C12H18ClFN2O. The number of hydrogen-bond acceptors (Lipinski definition) is 3. The Hall–Kier alpha value is -0.680. The summed E-state index contributed by atoms with van der Waals surface area (Å²) in [6.45, 7) is 1.60. The van der Waals surface area contributed by atoms with Gasteiger partial charge in [-0.2, -0.15) is 0 Å². The molecule has 1 aromatic carbocycles. The first-order valence-corrected chi connectivity index (χ1v) is 5.84. The molecule has 1 atom stereocenters. The summed E-state index contributed by atoms with van der Waals surface area (Å²) in [5, 5.41) is 13.1. The molecule has 5 heteroatoms. The zero-order valence-corrected chi connectivity index (χ0v) is 10.8. The van der Waals surface area contributed by atoms with Gasteiger partial charge in [-0.1, -0.05) is 17.7 Å². The summed E-state index contributed by atoms with van der Waals surface area (Å²) in [4.78, 5) is 1.91. The summed E-state index contributed by atoms with van der Waals surface area (Å²) in [6.07, 6.45) is -0.427. The highest BCUT2D eigenvalue weighted by atomic mass is 35.5. The van der Waals surface area contributed by atoms with Gasteiger partial charge in [0.15, 0.2) is 0 Å². The highest BCUT2D eigenvalue weighted by Crippen LogP contribution is 2.16. The smallest absolute Gasteiger partial charge is 0.124 e. The average Bonchev–Trinajstić information content (AvgIpc) is 2.20. The zero-order valence-electron chi connectivity index (χ0n) is 10.1. The lowest BCUT2D eigenvalue weighted by atomic mass is 10.2. The van der Waals surface area contributed by atoms with Crippen LogP contribution in [0.2, 0.25) is 5.02 Å². The lowest BCUT2D eigenvalue weighted by Gasteiger charge is -2.16. The zero-order chi connectivity index (χ0) is 12.8. The quantitative estimate of drug-likeness (QED) is 0.814. The summed E-state index contributed by atoms with van der Waals surface area (Å²) in [5.74, 6) is -0.341. The highest BCUT2D eigenvalue weighted by molar-refractivity contribution is 6.31. The van der Waals surface area contributed by atoms with E-state index in [9.17, 15) is 9.50 Å². The van der Waals surface area contributed by atoms with Crippen LogP contribution in [0.15, 0.2) is 18.2 Å². The predicted molar refractivity (Wildman–Crippen MR) is 67.7 cm³/mol. The molecule has 0 saturated carbocycles. The van der Waals surface area contributed by atoms with Gasteiger partial charge in [0, 0.05) is 24.7 Å². The molecule has 0 radical (unpaired) electrons. The van der Waals surface area contributed by atoms with Crippen molar-refractivity contribution in [1.82, 2.24) is 10.2 Å². The lowest BCUT2D eigenvalue weighted by Crippen LogP contribution is -2.34. The molecule has 0 aromatic heterocycles. The van der Waals surface area contributed by atoms with Crippen LogP contribution in [0.5, 0.6) is 0 Å². The maximum absolute atomic E-state index is 12.8. The number of rotatable bonds is 6. The molecule has 96 valence electrons.